The van der Waals surface area contributed by atoms with Gasteiger partial charge in [0.25, 0.3) is 0 Å². The average Bonchev–Trinajstić information content (AvgIpc) is 3.43. The molecular weight excluding hydrogens is 538 g/mol. The molecule has 2 heterocycles. The molecule has 11 heteroatoms. The molecule has 4 aliphatic carbocycles. The maximum Gasteiger partial charge on any atom is 0.410 e. The summed E-state index contributed by atoms with van der Waals surface area (Å²) in [7, 11) is 0. The molecule has 0 bridgehead atoms. The number of fused-ring (bicyclic) bond motifs is 7. The Morgan fingerprint density at radius 3 is 2.59 bits per heavy atom. The van der Waals surface area contributed by atoms with E-state index in [1.54, 1.807) is 11.8 Å². The van der Waals surface area contributed by atoms with Crippen molar-refractivity contribution in [1.82, 2.24) is 10.2 Å². The van der Waals surface area contributed by atoms with Gasteiger partial charge in [0.1, 0.15) is 17.6 Å². The Hall–Kier alpha value is -1.69. The van der Waals surface area contributed by atoms with Gasteiger partial charge in [0.05, 0.1) is 12.2 Å². The van der Waals surface area contributed by atoms with E-state index >= 15 is 8.78 Å². The minimum atomic E-state index is -2.12. The van der Waals surface area contributed by atoms with Crippen molar-refractivity contribution < 1.29 is 42.5 Å². The molecule has 2 N–H and O–H groups in total. The molecule has 230 valence electrons. The minimum absolute atomic E-state index is 0.0148. The third-order valence-electron chi connectivity index (χ3n) is 12.0. The van der Waals surface area contributed by atoms with Crippen molar-refractivity contribution in [3.05, 3.63) is 0 Å². The fourth-order valence-corrected chi connectivity index (χ4v) is 9.89. The smallest absolute Gasteiger partial charge is 0.410 e. The molecule has 2 saturated heterocycles. The molecule has 4 saturated carbocycles. The molecule has 0 aromatic rings. The predicted molar refractivity (Wildman–Crippen MR) is 142 cm³/mol. The van der Waals surface area contributed by atoms with Gasteiger partial charge in [0.15, 0.2) is 18.5 Å². The summed E-state index contributed by atoms with van der Waals surface area (Å²) >= 11 is 0. The number of aliphatic hydroxyl groups is 1. The van der Waals surface area contributed by atoms with E-state index in [1.807, 2.05) is 13.8 Å². The van der Waals surface area contributed by atoms with Crippen LogP contribution in [0, 0.1) is 28.6 Å². The van der Waals surface area contributed by atoms with E-state index in [-0.39, 0.29) is 44.3 Å². The lowest BCUT2D eigenvalue weighted by molar-refractivity contribution is -0.270. The van der Waals surface area contributed by atoms with Gasteiger partial charge in [-0.05, 0) is 38.0 Å². The Morgan fingerprint density at radius 1 is 1.15 bits per heavy atom. The van der Waals surface area contributed by atoms with E-state index in [2.05, 4.69) is 5.32 Å². The Morgan fingerprint density at radius 2 is 1.88 bits per heavy atom. The van der Waals surface area contributed by atoms with Gasteiger partial charge in [-0.25, -0.2) is 13.6 Å². The van der Waals surface area contributed by atoms with Gasteiger partial charge in [-0.2, -0.15) is 0 Å². The number of amides is 1. The number of carbonyl (C=O) groups is 3. The zero-order valence-corrected chi connectivity index (χ0v) is 24.3. The molecule has 41 heavy (non-hydrogen) atoms. The van der Waals surface area contributed by atoms with Gasteiger partial charge in [-0.15, -0.1) is 0 Å². The Balaban J connectivity index is 1.33. The molecular formula is C30H44F2N2O7. The molecule has 2 unspecified atom stereocenters. The topological polar surface area (TPSA) is 114 Å². The van der Waals surface area contributed by atoms with Crippen LogP contribution in [0.5, 0.6) is 0 Å². The maximum atomic E-state index is 17.6. The van der Waals surface area contributed by atoms with E-state index in [9.17, 15) is 19.5 Å². The van der Waals surface area contributed by atoms with Crippen LogP contribution in [0.1, 0.15) is 72.1 Å². The van der Waals surface area contributed by atoms with Crippen LogP contribution in [0.25, 0.3) is 0 Å². The zero-order chi connectivity index (χ0) is 29.4. The molecule has 1 amide bonds. The number of carbonyl (C=O) groups excluding carboxylic acids is 3. The summed E-state index contributed by atoms with van der Waals surface area (Å²) in [4.78, 5) is 40.7. The fraction of sp³-hybridized carbons (Fsp3) is 0.900. The summed E-state index contributed by atoms with van der Waals surface area (Å²) in [6.45, 7) is 7.20. The van der Waals surface area contributed by atoms with Crippen molar-refractivity contribution in [2.45, 2.75) is 108 Å². The Labute approximate surface area is 240 Å². The van der Waals surface area contributed by atoms with Crippen molar-refractivity contribution >= 4 is 17.7 Å². The highest BCUT2D eigenvalue weighted by molar-refractivity contribution is 5.92. The average molecular weight is 583 g/mol. The number of aliphatic hydroxyl groups excluding tert-OH is 1. The van der Waals surface area contributed by atoms with Gasteiger partial charge >= 0.3 is 6.09 Å². The van der Waals surface area contributed by atoms with Crippen molar-refractivity contribution in [2.75, 3.05) is 32.8 Å². The van der Waals surface area contributed by atoms with Gasteiger partial charge < -0.3 is 29.5 Å². The molecule has 6 aliphatic rings. The lowest BCUT2D eigenvalue weighted by Gasteiger charge is -2.65. The molecule has 0 aromatic heterocycles. The molecule has 2 aliphatic heterocycles. The Kier molecular flexibility index (Phi) is 7.31. The number of Topliss-reactive ketones (excluding diaryl/α,β-unsaturated/α-hetero) is 2. The predicted octanol–water partition coefficient (Wildman–Crippen LogP) is 3.11. The van der Waals surface area contributed by atoms with Crippen LogP contribution >= 0.6 is 0 Å². The summed E-state index contributed by atoms with van der Waals surface area (Å²) < 4.78 is 51.8. The number of rotatable bonds is 5. The van der Waals surface area contributed by atoms with E-state index in [0.29, 0.717) is 32.6 Å². The van der Waals surface area contributed by atoms with Gasteiger partial charge in [-0.1, -0.05) is 27.2 Å². The monoisotopic (exact) mass is 582 g/mol. The normalized spacial score (nSPS) is 49.1. The number of hydrogen-bond donors (Lipinski definition) is 2. The van der Waals surface area contributed by atoms with Crippen molar-refractivity contribution in [2.24, 2.45) is 28.6 Å². The second kappa shape index (κ2) is 10.2. The maximum absolute atomic E-state index is 17.6. The molecule has 6 rings (SSSR count). The number of ketones is 2. The second-order valence-electron chi connectivity index (χ2n) is 13.8. The van der Waals surface area contributed by atoms with E-state index in [1.165, 1.54) is 0 Å². The van der Waals surface area contributed by atoms with Crippen molar-refractivity contribution in [3.8, 4) is 0 Å². The summed E-state index contributed by atoms with van der Waals surface area (Å²) in [5.74, 6) is -2.70. The second-order valence-corrected chi connectivity index (χ2v) is 13.8. The minimum Gasteiger partial charge on any atom is -0.441 e. The van der Waals surface area contributed by atoms with Crippen molar-refractivity contribution in [3.63, 3.8) is 0 Å². The number of halogens is 2. The summed E-state index contributed by atoms with van der Waals surface area (Å²) in [6, 6.07) is 0. The number of alkyl halides is 2. The number of piperazine rings is 1. The first-order valence-corrected chi connectivity index (χ1v) is 15.4. The van der Waals surface area contributed by atoms with E-state index in [0.717, 1.165) is 6.42 Å². The van der Waals surface area contributed by atoms with Crippen LogP contribution in [0.15, 0.2) is 0 Å². The first-order valence-electron chi connectivity index (χ1n) is 15.4. The first kappa shape index (κ1) is 29.4. The van der Waals surface area contributed by atoms with Crippen LogP contribution in [0.2, 0.25) is 0 Å². The SMILES string of the molecule is CCCC1O[C@@H]2C[C@H]3[C@@H]4C[C@H](F)C5CC(=O)CC[C@]5(C)[C@@]4(F)[C@@H](O)C[C@]3(C)[C@]2(C(=O)COC(=O)N2CCNCC2)O1. The van der Waals surface area contributed by atoms with Crippen LogP contribution in [-0.4, -0.2) is 96.4 Å². The third-order valence-corrected chi connectivity index (χ3v) is 12.0. The number of nitrogens with zero attached hydrogens (tertiary/aromatic N) is 1. The lowest BCUT2D eigenvalue weighted by Crippen LogP contribution is -2.73. The number of ether oxygens (including phenoxy) is 3. The highest BCUT2D eigenvalue weighted by atomic mass is 19.1. The first-order chi connectivity index (χ1) is 19.4. The lowest BCUT2D eigenvalue weighted by atomic mass is 9.41. The summed E-state index contributed by atoms with van der Waals surface area (Å²) in [5, 5.41) is 14.9. The Bertz CT molecular complexity index is 1090. The molecule has 0 aromatic carbocycles. The standard InChI is InChI=1S/C30H44F2N2O7/c1-4-5-25-40-24-14-18-19-13-21(31)20-12-17(35)6-7-27(20,2)29(19,32)22(36)15-28(18,3)30(24,41-25)23(37)16-39-26(38)34-10-8-33-9-11-34/h18-22,24-25,33,36H,4-16H2,1-3H3/t18-,19-,20?,21-,22-,24+,25?,27-,28-,29-,30+/m0/s1. The highest BCUT2D eigenvalue weighted by Crippen LogP contribution is 2.73. The quantitative estimate of drug-likeness (QED) is 0.509. The van der Waals surface area contributed by atoms with Crippen LogP contribution in [-0.2, 0) is 23.8 Å². The van der Waals surface area contributed by atoms with E-state index in [4.69, 9.17) is 14.2 Å². The molecule has 6 fully saturated rings. The fourth-order valence-electron chi connectivity index (χ4n) is 9.89. The number of hydrogen-bond acceptors (Lipinski definition) is 8. The van der Waals surface area contributed by atoms with Crippen LogP contribution < -0.4 is 5.32 Å². The van der Waals surface area contributed by atoms with Crippen LogP contribution in [0.3, 0.4) is 0 Å². The molecule has 0 radical (unpaired) electrons. The van der Waals surface area contributed by atoms with Crippen molar-refractivity contribution in [1.29, 1.82) is 0 Å². The molecule has 0 spiro atoms. The summed E-state index contributed by atoms with van der Waals surface area (Å²) in [6.07, 6.45) is -3.13. The van der Waals surface area contributed by atoms with Crippen LogP contribution in [0.4, 0.5) is 13.6 Å². The molecule has 9 nitrogen and oxygen atoms in total. The van der Waals surface area contributed by atoms with Gasteiger partial charge in [-0.3, -0.25) is 9.59 Å². The zero-order valence-electron chi connectivity index (χ0n) is 24.3. The number of nitrogens with one attached hydrogen (secondary N) is 1. The largest absolute Gasteiger partial charge is 0.441 e. The summed E-state index contributed by atoms with van der Waals surface area (Å²) in [5.41, 5.74) is -5.96. The molecule has 11 atom stereocenters. The van der Waals surface area contributed by atoms with Gasteiger partial charge in [0, 0.05) is 61.7 Å². The third kappa shape index (κ3) is 4.00. The van der Waals surface area contributed by atoms with E-state index < -0.39 is 83.0 Å². The highest BCUT2D eigenvalue weighted by Gasteiger charge is 2.80. The van der Waals surface area contributed by atoms with Gasteiger partial charge in [0.2, 0.25) is 5.78 Å².